The van der Waals surface area contributed by atoms with Crippen LogP contribution in [0.15, 0.2) is 146 Å². The Bertz CT molecular complexity index is 5910. The molecule has 12 aromatic rings. The first-order valence-electron chi connectivity index (χ1n) is 40.7. The molecule has 0 radical (unpaired) electrons. The van der Waals surface area contributed by atoms with E-state index in [9.17, 15) is 89.8 Å². The summed E-state index contributed by atoms with van der Waals surface area (Å²) in [6, 6.07) is 38.7. The Morgan fingerprint density at radius 3 is 1.21 bits per heavy atom. The van der Waals surface area contributed by atoms with Crippen molar-refractivity contribution in [1.29, 1.82) is 0 Å². The van der Waals surface area contributed by atoms with E-state index in [0.29, 0.717) is 119 Å². The maximum Gasteiger partial charge on any atom is 0.433 e. The average Bonchev–Trinajstić information content (AvgIpc) is 1.66. The van der Waals surface area contributed by atoms with Gasteiger partial charge < -0.3 is 39.1 Å². The lowest BCUT2D eigenvalue weighted by atomic mass is 9.92. The summed E-state index contributed by atoms with van der Waals surface area (Å²) < 4.78 is 214. The lowest BCUT2D eigenvalue weighted by Gasteiger charge is -2.37. The normalized spacial score (nSPS) is 16.0. The first-order valence-corrected chi connectivity index (χ1v) is 44.8. The quantitative estimate of drug-likeness (QED) is 0.0838. The maximum absolute atomic E-state index is 13.0. The van der Waals surface area contributed by atoms with Crippen molar-refractivity contribution in [3.05, 3.63) is 210 Å². The summed E-state index contributed by atoms with van der Waals surface area (Å²) >= 11 is 5.74. The predicted molar refractivity (Wildman–Crippen MR) is 463 cm³/mol. The molecule has 16 rings (SSSR count). The number of amides is 5. The molecule has 1 spiro atoms. The highest BCUT2D eigenvalue weighted by Gasteiger charge is 2.44. The number of para-hydroxylation sites is 1. The number of hydrogen-bond acceptors (Lipinski definition) is 18. The van der Waals surface area contributed by atoms with Crippen molar-refractivity contribution in [3.8, 4) is 52.9 Å². The molecule has 3 saturated heterocycles. The molecule has 0 saturated carbocycles. The number of benzene rings is 2. The van der Waals surface area contributed by atoms with Crippen LogP contribution in [0.4, 0.5) is 71.5 Å². The van der Waals surface area contributed by atoms with E-state index in [1.165, 1.54) is 46.6 Å². The minimum absolute atomic E-state index is 0.0232. The van der Waals surface area contributed by atoms with Crippen LogP contribution < -0.4 is 10.2 Å². The number of alkyl halides is 15. The fourth-order valence-electron chi connectivity index (χ4n) is 15.0. The maximum atomic E-state index is 13.0. The van der Waals surface area contributed by atoms with Crippen molar-refractivity contribution in [2.75, 3.05) is 64.5 Å². The number of carbonyl (C=O) groups is 5. The summed E-state index contributed by atoms with van der Waals surface area (Å²) in [4.78, 5) is 75.4. The summed E-state index contributed by atoms with van der Waals surface area (Å²) in [6.07, 6.45) is -18.5. The van der Waals surface area contributed by atoms with Crippen molar-refractivity contribution < 1.29 is 104 Å². The van der Waals surface area contributed by atoms with Crippen LogP contribution >= 0.6 is 56.7 Å². The van der Waals surface area contributed by atoms with Crippen molar-refractivity contribution >= 4 is 91.9 Å². The number of ether oxygens (including phenoxy) is 3. The Balaban J connectivity index is 0.000000147. The molecule has 3 atom stereocenters. The van der Waals surface area contributed by atoms with Crippen LogP contribution in [-0.4, -0.2) is 171 Å². The Kier molecular flexibility index (Phi) is 30.6. The molecule has 696 valence electrons. The Labute approximate surface area is 756 Å². The third kappa shape index (κ3) is 23.7. The second kappa shape index (κ2) is 40.5. The topological polar surface area (TPSA) is 227 Å². The Morgan fingerprint density at radius 2 is 0.831 bits per heavy atom. The van der Waals surface area contributed by atoms with Crippen molar-refractivity contribution in [1.82, 2.24) is 68.9 Å². The van der Waals surface area contributed by atoms with Gasteiger partial charge in [0, 0.05) is 113 Å². The van der Waals surface area contributed by atoms with Crippen LogP contribution in [-0.2, 0) is 93.3 Å². The first kappa shape index (κ1) is 98.2. The molecule has 130 heavy (non-hydrogen) atoms. The average molecular weight is 1920 g/mol. The van der Waals surface area contributed by atoms with Gasteiger partial charge in [0.2, 0.25) is 0 Å². The van der Waals surface area contributed by atoms with Gasteiger partial charge in [0.05, 0.1) is 68.1 Å². The number of rotatable bonds is 17. The summed E-state index contributed by atoms with van der Waals surface area (Å²) in [7, 11) is 7.84. The van der Waals surface area contributed by atoms with Crippen LogP contribution in [0.25, 0.3) is 52.9 Å². The molecule has 5 amide bonds. The fourth-order valence-corrected chi connectivity index (χ4v) is 19.5. The first-order chi connectivity index (χ1) is 61.2. The van der Waals surface area contributed by atoms with E-state index < -0.39 is 65.1 Å². The van der Waals surface area contributed by atoms with Gasteiger partial charge in [-0.3, -0.25) is 47.4 Å². The number of hydrogen-bond donors (Lipinski definition) is 1. The molecule has 10 aromatic heterocycles. The number of fused-ring (bicyclic) bond motifs is 1. The van der Waals surface area contributed by atoms with Gasteiger partial charge in [-0.15, -0.1) is 56.7 Å². The van der Waals surface area contributed by atoms with Gasteiger partial charge in [0.25, 0.3) is 29.5 Å². The van der Waals surface area contributed by atoms with E-state index >= 15 is 0 Å². The Hall–Kier alpha value is -10.8. The highest BCUT2D eigenvalue weighted by Crippen LogP contribution is 2.43. The lowest BCUT2D eigenvalue weighted by Crippen LogP contribution is -2.47. The van der Waals surface area contributed by atoms with Crippen molar-refractivity contribution in [3.63, 3.8) is 0 Å². The predicted octanol–water partition coefficient (Wildman–Crippen LogP) is 20.3. The molecular weight excluding hydrogens is 1830 g/mol. The monoisotopic (exact) mass is 1920 g/mol. The van der Waals surface area contributed by atoms with Crippen LogP contribution in [0.1, 0.15) is 148 Å². The van der Waals surface area contributed by atoms with Crippen LogP contribution in [0.2, 0.25) is 0 Å². The number of likely N-dealkylation sites (tertiary alicyclic amines) is 2. The molecule has 0 aliphatic carbocycles. The van der Waals surface area contributed by atoms with E-state index in [1.807, 2.05) is 80.3 Å². The molecular formula is C87H90F15N15O8S5. The van der Waals surface area contributed by atoms with Crippen molar-refractivity contribution in [2.24, 2.45) is 47.1 Å². The third-order valence-corrected chi connectivity index (χ3v) is 27.0. The molecule has 14 heterocycles. The standard InChI is InChI=1S/C20H20F3N3OS.C18H14F3N3OS.C17H18F3N3O3S.C17H20F3N3OS.C15H18F3N3O2S/c1-13(2)26(12-14-7-5-4-6-8-14)19(27)17-10-9-16(28-17)15-11-18(20(21,22)23)25(3)24-15;1-23-16(18(19,20)21)10-12(22-23)14-6-7-15(26-14)17(25)24-9-8-11-4-2-3-5-13(11)24;1-22-14(17(18,19)20)10-11(21-22)12-2-3-13(27-12)15(24)23-6-4-16(5-7-23)25-8-9-26-16;1-10-6-11(2)9-23(8-10)16(24)14-5-4-13(25-14)12-7-15(17(18,19)20)22(3)21-12;1-4-9(23-3)8-19-14(22)12-6-5-11(24-12)10-7-13(15(16,17)18)21(2)20-10/h4-11,13H,12H2,1-3H3;2-7,10H,8-9H2,1H3;2-3,10H,4-9H2,1H3;4-5,7,10-11H,6,8-9H2,1-3H3;5-7,9H,4,8H2,1-3H3,(H,19,22). The number of nitrogens with zero attached hydrogens (tertiary/aromatic N) is 14. The molecule has 2 aromatic carbocycles. The van der Waals surface area contributed by atoms with Gasteiger partial charge >= 0.3 is 30.9 Å². The number of aromatic nitrogens is 10. The third-order valence-electron chi connectivity index (χ3n) is 21.5. The zero-order valence-corrected chi connectivity index (χ0v) is 75.9. The summed E-state index contributed by atoms with van der Waals surface area (Å²) in [6.45, 7) is 15.2. The molecule has 3 fully saturated rings. The number of anilines is 1. The van der Waals surface area contributed by atoms with Gasteiger partial charge in [-0.2, -0.15) is 91.3 Å². The zero-order chi connectivity index (χ0) is 94.4. The summed E-state index contributed by atoms with van der Waals surface area (Å²) in [5.74, 6) is -0.407. The fraction of sp³-hybridized carbons (Fsp3) is 0.402. The minimum atomic E-state index is -4.47. The van der Waals surface area contributed by atoms with Gasteiger partial charge in [0.15, 0.2) is 5.79 Å². The number of piperidine rings is 2. The summed E-state index contributed by atoms with van der Waals surface area (Å²) in [5.41, 5.74) is -0.0112. The second-order valence-corrected chi connectivity index (χ2v) is 36.8. The van der Waals surface area contributed by atoms with Crippen molar-refractivity contribution in [2.45, 2.75) is 122 Å². The van der Waals surface area contributed by atoms with Crippen LogP contribution in [0, 0.1) is 11.8 Å². The lowest BCUT2D eigenvalue weighted by molar-refractivity contribution is -0.181. The molecule has 43 heteroatoms. The van der Waals surface area contributed by atoms with Gasteiger partial charge in [-0.05, 0) is 153 Å². The largest absolute Gasteiger partial charge is 0.433 e. The van der Waals surface area contributed by atoms with E-state index in [-0.39, 0.29) is 70.2 Å². The zero-order valence-electron chi connectivity index (χ0n) is 71.8. The molecule has 1 N–H and O–H groups in total. The van der Waals surface area contributed by atoms with E-state index in [2.05, 4.69) is 44.7 Å². The highest BCUT2D eigenvalue weighted by molar-refractivity contribution is 7.18. The number of nitrogens with one attached hydrogen (secondary N) is 1. The van der Waals surface area contributed by atoms with E-state index in [4.69, 9.17) is 14.2 Å². The number of thiophene rings is 5. The van der Waals surface area contributed by atoms with Gasteiger partial charge in [0.1, 0.15) is 56.9 Å². The number of carbonyl (C=O) groups excluding carboxylic acids is 5. The van der Waals surface area contributed by atoms with Gasteiger partial charge in [-0.25, -0.2) is 0 Å². The number of methoxy groups -OCH3 is 1. The Morgan fingerprint density at radius 1 is 0.477 bits per heavy atom. The summed E-state index contributed by atoms with van der Waals surface area (Å²) in [5, 5.41) is 22.4. The highest BCUT2D eigenvalue weighted by atomic mass is 32.1. The number of halogens is 15. The van der Waals surface area contributed by atoms with Crippen LogP contribution in [0.3, 0.4) is 0 Å². The second-order valence-electron chi connectivity index (χ2n) is 31.4. The molecule has 23 nitrogen and oxygen atoms in total. The molecule has 0 bridgehead atoms. The molecule has 3 unspecified atom stereocenters. The smallest absolute Gasteiger partial charge is 0.380 e. The molecule has 4 aliphatic heterocycles. The number of aryl methyl sites for hydroxylation is 5. The van der Waals surface area contributed by atoms with Gasteiger partial charge in [-0.1, -0.05) is 69.3 Å². The van der Waals surface area contributed by atoms with Crippen LogP contribution in [0.5, 0.6) is 0 Å². The van der Waals surface area contributed by atoms with E-state index in [1.54, 1.807) is 82.5 Å². The molecule has 4 aliphatic rings. The van der Waals surface area contributed by atoms with E-state index in [0.717, 1.165) is 148 Å². The SMILES string of the molecule is CC(C)N(Cc1ccccc1)C(=O)c1ccc(-c2cc(C(F)(F)F)n(C)n2)s1.CC1CC(C)CN(C(=O)c2ccc(-c3cc(C(F)(F)F)n(C)n3)s2)C1.CCC(CNC(=O)c1ccc(-c2cc(C(F)(F)F)n(C)n2)s1)OC.Cn1nc(-c2ccc(C(=O)N3CCC4(CC3)OCCO4)s2)cc1C(F)(F)F.Cn1nc(-c2ccc(C(=O)N3CCc4ccccc43)s2)cc1C(F)(F)F. The minimum Gasteiger partial charge on any atom is -0.380 e.